The lowest BCUT2D eigenvalue weighted by Crippen LogP contribution is -2.40. The van der Waals surface area contributed by atoms with Gasteiger partial charge in [-0.15, -0.1) is 0 Å². The highest BCUT2D eigenvalue weighted by atomic mass is 16.5. The molecule has 3 aromatic rings. The second kappa shape index (κ2) is 6.52. The molecule has 7 nitrogen and oxygen atoms in total. The molecule has 0 radical (unpaired) electrons. The molecule has 2 N–H and O–H groups in total. The van der Waals surface area contributed by atoms with Gasteiger partial charge < -0.3 is 19.9 Å². The van der Waals surface area contributed by atoms with Gasteiger partial charge in [0.15, 0.2) is 0 Å². The van der Waals surface area contributed by atoms with Gasteiger partial charge in [0.25, 0.3) is 5.91 Å². The zero-order chi connectivity index (χ0) is 17.2. The zero-order valence-corrected chi connectivity index (χ0v) is 14.0. The predicted molar refractivity (Wildman–Crippen MR) is 95.6 cm³/mol. The van der Waals surface area contributed by atoms with Crippen LogP contribution in [-0.4, -0.2) is 59.1 Å². The smallest absolute Gasteiger partial charge is 0.254 e. The molecule has 3 heterocycles. The molecule has 1 saturated heterocycles. The van der Waals surface area contributed by atoms with E-state index in [9.17, 15) is 4.79 Å². The summed E-state index contributed by atoms with van der Waals surface area (Å²) >= 11 is 0. The van der Waals surface area contributed by atoms with Gasteiger partial charge in [0, 0.05) is 31.4 Å². The second-order valence-electron chi connectivity index (χ2n) is 5.90. The molecule has 0 aliphatic carbocycles. The number of hydrogen-bond acceptors (Lipinski definition) is 5. The van der Waals surface area contributed by atoms with Crippen LogP contribution in [0.3, 0.4) is 0 Å². The highest BCUT2D eigenvalue weighted by Gasteiger charge is 2.18. The van der Waals surface area contributed by atoms with Crippen LogP contribution in [-0.2, 0) is 4.74 Å². The largest absolute Gasteiger partial charge is 0.378 e. The summed E-state index contributed by atoms with van der Waals surface area (Å²) in [5, 5.41) is 4.00. The summed E-state index contributed by atoms with van der Waals surface area (Å²) in [4.78, 5) is 26.1. The van der Waals surface area contributed by atoms with Crippen LogP contribution < -0.4 is 5.32 Å². The van der Waals surface area contributed by atoms with Crippen LogP contribution in [0.5, 0.6) is 0 Å². The summed E-state index contributed by atoms with van der Waals surface area (Å²) in [7, 11) is 1.83. The van der Waals surface area contributed by atoms with Gasteiger partial charge in [0.1, 0.15) is 17.8 Å². The molecule has 0 bridgehead atoms. The Morgan fingerprint density at radius 1 is 1.20 bits per heavy atom. The molecule has 7 heteroatoms. The Morgan fingerprint density at radius 2 is 1.96 bits per heavy atom. The maximum Gasteiger partial charge on any atom is 0.254 e. The first-order valence-corrected chi connectivity index (χ1v) is 8.25. The van der Waals surface area contributed by atoms with Gasteiger partial charge in [0.2, 0.25) is 0 Å². The third-order valence-electron chi connectivity index (χ3n) is 4.40. The van der Waals surface area contributed by atoms with Gasteiger partial charge in [-0.1, -0.05) is 12.1 Å². The van der Waals surface area contributed by atoms with Crippen molar-refractivity contribution < 1.29 is 9.53 Å². The molecular formula is C18H19N5O2. The van der Waals surface area contributed by atoms with Crippen molar-refractivity contribution in [1.82, 2.24) is 19.9 Å². The van der Waals surface area contributed by atoms with Crippen molar-refractivity contribution in [3.63, 3.8) is 0 Å². The number of hydrogen-bond donors (Lipinski definition) is 2. The molecule has 1 aliphatic rings. The van der Waals surface area contributed by atoms with E-state index in [1.165, 1.54) is 6.33 Å². The maximum absolute atomic E-state index is 12.5. The molecule has 0 spiro atoms. The van der Waals surface area contributed by atoms with Gasteiger partial charge in [-0.05, 0) is 23.8 Å². The highest BCUT2D eigenvalue weighted by molar-refractivity contribution is 5.95. The molecular weight excluding hydrogens is 318 g/mol. The summed E-state index contributed by atoms with van der Waals surface area (Å²) in [6, 6.07) is 9.64. The van der Waals surface area contributed by atoms with Crippen LogP contribution in [0.4, 0.5) is 5.82 Å². The number of morpholine rings is 1. The van der Waals surface area contributed by atoms with Crippen LogP contribution in [0.25, 0.3) is 22.3 Å². The number of anilines is 1. The number of fused-ring (bicyclic) bond motifs is 1. The van der Waals surface area contributed by atoms with Gasteiger partial charge in [-0.2, -0.15) is 0 Å². The van der Waals surface area contributed by atoms with E-state index in [0.29, 0.717) is 31.9 Å². The van der Waals surface area contributed by atoms with Gasteiger partial charge in [-0.25, -0.2) is 9.97 Å². The number of benzene rings is 1. The van der Waals surface area contributed by atoms with Crippen molar-refractivity contribution in [1.29, 1.82) is 0 Å². The average molecular weight is 337 g/mol. The molecule has 2 aromatic heterocycles. The van der Waals surface area contributed by atoms with E-state index in [4.69, 9.17) is 4.74 Å². The molecule has 1 fully saturated rings. The molecule has 0 atom stereocenters. The molecule has 1 amide bonds. The van der Waals surface area contributed by atoms with Crippen LogP contribution in [0.1, 0.15) is 10.4 Å². The van der Waals surface area contributed by atoms with E-state index >= 15 is 0 Å². The quantitative estimate of drug-likeness (QED) is 0.765. The number of aromatic nitrogens is 3. The molecule has 0 saturated carbocycles. The van der Waals surface area contributed by atoms with Crippen molar-refractivity contribution >= 4 is 22.8 Å². The highest BCUT2D eigenvalue weighted by Crippen LogP contribution is 2.26. The van der Waals surface area contributed by atoms with Crippen molar-refractivity contribution in [3.05, 3.63) is 42.2 Å². The zero-order valence-electron chi connectivity index (χ0n) is 14.0. The Labute approximate surface area is 145 Å². The number of carbonyl (C=O) groups excluding carboxylic acids is 1. The summed E-state index contributed by atoms with van der Waals surface area (Å²) in [6.07, 6.45) is 1.53. The number of amides is 1. The molecule has 0 unspecified atom stereocenters. The minimum Gasteiger partial charge on any atom is -0.378 e. The van der Waals surface area contributed by atoms with E-state index < -0.39 is 0 Å². The minimum atomic E-state index is 0.0508. The van der Waals surface area contributed by atoms with Crippen LogP contribution in [0.15, 0.2) is 36.7 Å². The van der Waals surface area contributed by atoms with Crippen LogP contribution in [0, 0.1) is 0 Å². The number of nitrogens with zero attached hydrogens (tertiary/aromatic N) is 3. The monoisotopic (exact) mass is 337 g/mol. The van der Waals surface area contributed by atoms with E-state index in [-0.39, 0.29) is 5.91 Å². The Balaban J connectivity index is 1.60. The lowest BCUT2D eigenvalue weighted by molar-refractivity contribution is 0.0303. The van der Waals surface area contributed by atoms with Crippen molar-refractivity contribution in [2.75, 3.05) is 38.7 Å². The van der Waals surface area contributed by atoms with E-state index in [1.807, 2.05) is 42.3 Å². The standard InChI is InChI=1S/C18H19N5O2/c1-19-16-14-10-15(22-17(14)21-11-20-16)12-2-4-13(5-3-12)18(24)23-6-8-25-9-7-23/h2-5,10-11H,6-9H2,1H3,(H2,19,20,21,22). The predicted octanol–water partition coefficient (Wildman–Crippen LogP) is 2.14. The van der Waals surface area contributed by atoms with Gasteiger partial charge >= 0.3 is 0 Å². The van der Waals surface area contributed by atoms with Gasteiger partial charge in [-0.3, -0.25) is 4.79 Å². The second-order valence-corrected chi connectivity index (χ2v) is 5.90. The lowest BCUT2D eigenvalue weighted by atomic mass is 10.1. The van der Waals surface area contributed by atoms with Crippen molar-refractivity contribution in [2.45, 2.75) is 0 Å². The van der Waals surface area contributed by atoms with E-state index in [0.717, 1.165) is 28.1 Å². The van der Waals surface area contributed by atoms with Crippen LogP contribution in [0.2, 0.25) is 0 Å². The van der Waals surface area contributed by atoms with E-state index in [1.54, 1.807) is 0 Å². The molecule has 128 valence electrons. The number of ether oxygens (including phenoxy) is 1. The molecule has 1 aliphatic heterocycles. The number of aromatic amines is 1. The number of H-pyrrole nitrogens is 1. The van der Waals surface area contributed by atoms with Gasteiger partial charge in [0.05, 0.1) is 18.6 Å². The van der Waals surface area contributed by atoms with Crippen molar-refractivity contribution in [3.8, 4) is 11.3 Å². The fourth-order valence-electron chi connectivity index (χ4n) is 3.04. The Morgan fingerprint density at radius 3 is 2.68 bits per heavy atom. The minimum absolute atomic E-state index is 0.0508. The summed E-state index contributed by atoms with van der Waals surface area (Å²) in [5.74, 6) is 0.835. The first-order valence-electron chi connectivity index (χ1n) is 8.25. The Bertz CT molecular complexity index is 897. The third kappa shape index (κ3) is 2.94. The number of nitrogens with one attached hydrogen (secondary N) is 2. The molecule has 4 rings (SSSR count). The topological polar surface area (TPSA) is 83.1 Å². The Kier molecular flexibility index (Phi) is 4.07. The van der Waals surface area contributed by atoms with Crippen LogP contribution >= 0.6 is 0 Å². The van der Waals surface area contributed by atoms with Crippen molar-refractivity contribution in [2.24, 2.45) is 0 Å². The average Bonchev–Trinajstić information content (AvgIpc) is 3.12. The SMILES string of the molecule is CNc1ncnc2[nH]c(-c3ccc(C(=O)N4CCOCC4)cc3)cc12. The third-order valence-corrected chi connectivity index (χ3v) is 4.40. The fraction of sp³-hybridized carbons (Fsp3) is 0.278. The molecule has 1 aromatic carbocycles. The molecule has 25 heavy (non-hydrogen) atoms. The maximum atomic E-state index is 12.5. The first kappa shape index (κ1) is 15.6. The Hall–Kier alpha value is -2.93. The normalized spacial score (nSPS) is 14.7. The first-order chi connectivity index (χ1) is 12.3. The summed E-state index contributed by atoms with van der Waals surface area (Å²) in [6.45, 7) is 2.50. The lowest BCUT2D eigenvalue weighted by Gasteiger charge is -2.26. The number of carbonyl (C=O) groups is 1. The summed E-state index contributed by atoms with van der Waals surface area (Å²) in [5.41, 5.74) is 3.41. The van der Waals surface area contributed by atoms with E-state index in [2.05, 4.69) is 20.3 Å². The number of rotatable bonds is 3. The fourth-order valence-corrected chi connectivity index (χ4v) is 3.04. The summed E-state index contributed by atoms with van der Waals surface area (Å²) < 4.78 is 5.30.